The average molecular weight is 303 g/mol. The second-order valence-electron chi connectivity index (χ2n) is 6.21. The Kier molecular flexibility index (Phi) is 4.38. The molecule has 1 aromatic rings. The molecule has 0 aromatic heterocycles. The first kappa shape index (κ1) is 15.0. The number of nitro benzene ring substituents is 1. The number of para-hydroxylation sites is 1. The summed E-state index contributed by atoms with van der Waals surface area (Å²) in [6, 6.07) is 6.83. The van der Waals surface area contributed by atoms with Crippen LogP contribution in [0.3, 0.4) is 0 Å². The Morgan fingerprint density at radius 1 is 1.32 bits per heavy atom. The predicted octanol–water partition coefficient (Wildman–Crippen LogP) is 2.13. The Morgan fingerprint density at radius 2 is 2.09 bits per heavy atom. The van der Waals surface area contributed by atoms with E-state index >= 15 is 0 Å². The number of carbonyl (C=O) groups is 1. The molecule has 1 amide bonds. The molecule has 2 fully saturated rings. The maximum absolute atomic E-state index is 12.3. The van der Waals surface area contributed by atoms with Crippen LogP contribution in [-0.4, -0.2) is 22.9 Å². The highest BCUT2D eigenvalue weighted by Gasteiger charge is 2.38. The number of hydrogen-bond acceptors (Lipinski definition) is 4. The number of benzene rings is 1. The number of fused-ring (bicyclic) bond motifs is 1. The number of hydrogen-bond donors (Lipinski definition) is 2. The molecule has 3 atom stereocenters. The molecule has 3 unspecified atom stereocenters. The minimum Gasteiger partial charge on any atom is -0.350 e. The van der Waals surface area contributed by atoms with E-state index in [1.165, 1.54) is 25.3 Å². The van der Waals surface area contributed by atoms with E-state index in [2.05, 4.69) is 10.6 Å². The van der Waals surface area contributed by atoms with Gasteiger partial charge < -0.3 is 10.6 Å². The standard InChI is InChI=1S/C16H21N3O3/c20-16(14-9-11-5-1-3-7-13(11)18-14)17-10-12-6-2-4-8-15(12)19(21)22/h2,4,6,8,11,13-14,18H,1,3,5,7,9-10H2,(H,17,20). The van der Waals surface area contributed by atoms with Crippen molar-refractivity contribution in [3.8, 4) is 0 Å². The van der Waals surface area contributed by atoms with Crippen molar-refractivity contribution in [2.24, 2.45) is 5.92 Å². The van der Waals surface area contributed by atoms with Crippen molar-refractivity contribution in [1.29, 1.82) is 0 Å². The average Bonchev–Trinajstić information content (AvgIpc) is 2.97. The summed E-state index contributed by atoms with van der Waals surface area (Å²) in [7, 11) is 0. The van der Waals surface area contributed by atoms with Crippen LogP contribution in [0.1, 0.15) is 37.7 Å². The first-order valence-corrected chi connectivity index (χ1v) is 7.91. The molecular weight excluding hydrogens is 282 g/mol. The first-order chi connectivity index (χ1) is 10.6. The highest BCUT2D eigenvalue weighted by Crippen LogP contribution is 2.33. The van der Waals surface area contributed by atoms with Crippen LogP contribution in [0.2, 0.25) is 0 Å². The van der Waals surface area contributed by atoms with Crippen LogP contribution in [0.5, 0.6) is 0 Å². The summed E-state index contributed by atoms with van der Waals surface area (Å²) in [5.74, 6) is 0.558. The lowest BCUT2D eigenvalue weighted by Crippen LogP contribution is -2.42. The molecule has 2 N–H and O–H groups in total. The van der Waals surface area contributed by atoms with Gasteiger partial charge in [0.1, 0.15) is 0 Å². The largest absolute Gasteiger partial charge is 0.350 e. The number of nitro groups is 1. The number of rotatable bonds is 4. The molecule has 0 bridgehead atoms. The van der Waals surface area contributed by atoms with Crippen molar-refractivity contribution < 1.29 is 9.72 Å². The van der Waals surface area contributed by atoms with Gasteiger partial charge in [-0.15, -0.1) is 0 Å². The molecule has 1 saturated carbocycles. The zero-order valence-electron chi connectivity index (χ0n) is 12.5. The first-order valence-electron chi connectivity index (χ1n) is 7.91. The third-order valence-corrected chi connectivity index (χ3v) is 4.82. The zero-order chi connectivity index (χ0) is 15.5. The van der Waals surface area contributed by atoms with Crippen LogP contribution in [0.25, 0.3) is 0 Å². The van der Waals surface area contributed by atoms with E-state index in [1.54, 1.807) is 18.2 Å². The van der Waals surface area contributed by atoms with Crippen LogP contribution < -0.4 is 10.6 Å². The smallest absolute Gasteiger partial charge is 0.274 e. The van der Waals surface area contributed by atoms with Crippen LogP contribution in [0.15, 0.2) is 24.3 Å². The summed E-state index contributed by atoms with van der Waals surface area (Å²) in [6.45, 7) is 0.198. The third kappa shape index (κ3) is 3.11. The fraction of sp³-hybridized carbons (Fsp3) is 0.562. The van der Waals surface area contributed by atoms with Gasteiger partial charge in [0.2, 0.25) is 5.91 Å². The lowest BCUT2D eigenvalue weighted by molar-refractivity contribution is -0.385. The van der Waals surface area contributed by atoms with Gasteiger partial charge in [0.25, 0.3) is 5.69 Å². The van der Waals surface area contributed by atoms with Crippen molar-refractivity contribution in [2.75, 3.05) is 0 Å². The summed E-state index contributed by atoms with van der Waals surface area (Å²) >= 11 is 0. The van der Waals surface area contributed by atoms with Gasteiger partial charge in [-0.2, -0.15) is 0 Å². The Labute approximate surface area is 129 Å². The van der Waals surface area contributed by atoms with Crippen molar-refractivity contribution in [1.82, 2.24) is 10.6 Å². The molecule has 2 aliphatic rings. The van der Waals surface area contributed by atoms with Crippen molar-refractivity contribution in [2.45, 2.75) is 50.7 Å². The van der Waals surface area contributed by atoms with Crippen LogP contribution >= 0.6 is 0 Å². The lowest BCUT2D eigenvalue weighted by Gasteiger charge is -2.24. The van der Waals surface area contributed by atoms with Gasteiger partial charge in [-0.3, -0.25) is 14.9 Å². The summed E-state index contributed by atoms with van der Waals surface area (Å²) in [6.07, 6.45) is 5.73. The van der Waals surface area contributed by atoms with Gasteiger partial charge in [-0.05, 0) is 25.2 Å². The monoisotopic (exact) mass is 303 g/mol. The van der Waals surface area contributed by atoms with E-state index in [4.69, 9.17) is 0 Å². The minimum atomic E-state index is -0.413. The quantitative estimate of drug-likeness (QED) is 0.659. The summed E-state index contributed by atoms with van der Waals surface area (Å²) in [5, 5.41) is 17.2. The molecule has 6 nitrogen and oxygen atoms in total. The normalized spacial score (nSPS) is 27.2. The third-order valence-electron chi connectivity index (χ3n) is 4.82. The van der Waals surface area contributed by atoms with E-state index in [0.29, 0.717) is 17.5 Å². The van der Waals surface area contributed by atoms with Crippen LogP contribution in [0.4, 0.5) is 5.69 Å². The van der Waals surface area contributed by atoms with Crippen molar-refractivity contribution in [3.05, 3.63) is 39.9 Å². The summed E-state index contributed by atoms with van der Waals surface area (Å²) in [5.41, 5.74) is 0.590. The number of nitrogens with zero attached hydrogens (tertiary/aromatic N) is 1. The summed E-state index contributed by atoms with van der Waals surface area (Å²) < 4.78 is 0. The maximum Gasteiger partial charge on any atom is 0.274 e. The second-order valence-corrected chi connectivity index (χ2v) is 6.21. The van der Waals surface area contributed by atoms with E-state index in [0.717, 1.165) is 12.8 Å². The Morgan fingerprint density at radius 3 is 2.86 bits per heavy atom. The fourth-order valence-electron chi connectivity index (χ4n) is 3.67. The van der Waals surface area contributed by atoms with Gasteiger partial charge >= 0.3 is 0 Å². The van der Waals surface area contributed by atoms with Crippen molar-refractivity contribution >= 4 is 11.6 Å². The van der Waals surface area contributed by atoms with Crippen LogP contribution in [-0.2, 0) is 11.3 Å². The van der Waals surface area contributed by atoms with E-state index in [9.17, 15) is 14.9 Å². The molecule has 118 valence electrons. The Hall–Kier alpha value is -1.95. The topological polar surface area (TPSA) is 84.3 Å². The molecule has 1 aliphatic heterocycles. The van der Waals surface area contributed by atoms with Gasteiger partial charge in [-0.25, -0.2) is 0 Å². The van der Waals surface area contributed by atoms with Gasteiger partial charge in [0.05, 0.1) is 11.0 Å². The minimum absolute atomic E-state index is 0.0486. The van der Waals surface area contributed by atoms with Gasteiger partial charge in [0.15, 0.2) is 0 Å². The highest BCUT2D eigenvalue weighted by atomic mass is 16.6. The highest BCUT2D eigenvalue weighted by molar-refractivity contribution is 5.82. The molecule has 1 saturated heterocycles. The van der Waals surface area contributed by atoms with Crippen LogP contribution in [0, 0.1) is 16.0 Å². The summed E-state index contributed by atoms with van der Waals surface area (Å²) in [4.78, 5) is 22.9. The molecule has 0 radical (unpaired) electrons. The zero-order valence-corrected chi connectivity index (χ0v) is 12.5. The molecule has 3 rings (SSSR count). The Balaban J connectivity index is 1.58. The van der Waals surface area contributed by atoms with E-state index in [-0.39, 0.29) is 24.2 Å². The second kappa shape index (κ2) is 6.44. The Bertz CT molecular complexity index is 562. The van der Waals surface area contributed by atoms with E-state index < -0.39 is 4.92 Å². The molecule has 1 heterocycles. The molecule has 1 aromatic carbocycles. The molecule has 6 heteroatoms. The molecule has 22 heavy (non-hydrogen) atoms. The number of carbonyl (C=O) groups excluding carboxylic acids is 1. The van der Waals surface area contributed by atoms with Crippen molar-refractivity contribution in [3.63, 3.8) is 0 Å². The number of amides is 1. The van der Waals surface area contributed by atoms with Gasteiger partial charge in [0, 0.05) is 24.2 Å². The SMILES string of the molecule is O=C(NCc1ccccc1[N+](=O)[O-])C1CC2CCCCC2N1. The number of nitrogens with one attached hydrogen (secondary N) is 2. The fourth-order valence-corrected chi connectivity index (χ4v) is 3.67. The molecular formula is C16H21N3O3. The molecule has 1 aliphatic carbocycles. The maximum atomic E-state index is 12.3. The lowest BCUT2D eigenvalue weighted by atomic mass is 9.85. The van der Waals surface area contributed by atoms with E-state index in [1.807, 2.05) is 0 Å². The predicted molar refractivity (Wildman–Crippen MR) is 82.2 cm³/mol. The van der Waals surface area contributed by atoms with Gasteiger partial charge in [-0.1, -0.05) is 31.0 Å². The molecule has 0 spiro atoms.